The number of rotatable bonds is 8. The van der Waals surface area contributed by atoms with E-state index in [2.05, 4.69) is 19.9 Å². The van der Waals surface area contributed by atoms with Crippen molar-refractivity contribution >= 4 is 17.4 Å². The summed E-state index contributed by atoms with van der Waals surface area (Å²) >= 11 is 6.45. The number of carbonyl (C=O) groups is 1. The Morgan fingerprint density at radius 3 is 2.59 bits per heavy atom. The molecule has 1 aliphatic rings. The van der Waals surface area contributed by atoms with Crippen molar-refractivity contribution in [2.45, 2.75) is 50.5 Å². The third kappa shape index (κ3) is 5.18. The molecule has 0 bridgehead atoms. The summed E-state index contributed by atoms with van der Waals surface area (Å²) in [4.78, 5) is 40.6. The number of halogens is 1. The fourth-order valence-corrected chi connectivity index (χ4v) is 4.60. The molecule has 1 fully saturated rings. The second kappa shape index (κ2) is 10.4. The minimum absolute atomic E-state index is 0.135. The van der Waals surface area contributed by atoms with Crippen LogP contribution in [0.3, 0.4) is 0 Å². The molecule has 1 aliphatic carbocycles. The van der Waals surface area contributed by atoms with Gasteiger partial charge in [-0.05, 0) is 43.0 Å². The lowest BCUT2D eigenvalue weighted by atomic mass is 9.80. The van der Waals surface area contributed by atoms with Crippen molar-refractivity contribution in [3.05, 3.63) is 57.6 Å². The summed E-state index contributed by atoms with van der Waals surface area (Å²) in [5, 5.41) is 0.434. The molecule has 0 saturated heterocycles. The van der Waals surface area contributed by atoms with Crippen LogP contribution in [0.15, 0.2) is 41.3 Å². The highest BCUT2D eigenvalue weighted by Gasteiger charge is 2.38. The van der Waals surface area contributed by atoms with Crippen LogP contribution in [0.2, 0.25) is 5.02 Å². The van der Waals surface area contributed by atoms with E-state index in [9.17, 15) is 9.59 Å². The highest BCUT2D eigenvalue weighted by molar-refractivity contribution is 6.33. The van der Waals surface area contributed by atoms with Crippen molar-refractivity contribution in [1.29, 1.82) is 0 Å². The lowest BCUT2D eigenvalue weighted by Gasteiger charge is -2.34. The van der Waals surface area contributed by atoms with E-state index in [4.69, 9.17) is 21.1 Å². The summed E-state index contributed by atoms with van der Waals surface area (Å²) in [5.41, 5.74) is 0.845. The van der Waals surface area contributed by atoms with Gasteiger partial charge in [0.05, 0.1) is 12.1 Å². The molecular weight excluding hydrogens is 456 g/mol. The zero-order chi connectivity index (χ0) is 24.1. The normalized spacial score (nSPS) is 15.1. The lowest BCUT2D eigenvalue weighted by molar-refractivity contribution is -0.145. The first-order valence-corrected chi connectivity index (χ1v) is 11.7. The Morgan fingerprint density at radius 2 is 1.91 bits per heavy atom. The number of ether oxygens (including phenoxy) is 2. The van der Waals surface area contributed by atoms with E-state index in [1.807, 2.05) is 12.1 Å². The number of hydrogen-bond donors (Lipinski definition) is 1. The molecule has 3 aromatic rings. The lowest BCUT2D eigenvalue weighted by Crippen LogP contribution is -2.42. The minimum atomic E-state index is -0.660. The number of nitrogens with zero attached hydrogens (tertiary/aromatic N) is 3. The Balaban J connectivity index is 1.58. The summed E-state index contributed by atoms with van der Waals surface area (Å²) < 4.78 is 10.8. The first-order valence-electron chi connectivity index (χ1n) is 11.3. The molecule has 1 N–H and O–H groups in total. The predicted molar refractivity (Wildman–Crippen MR) is 129 cm³/mol. The van der Waals surface area contributed by atoms with E-state index in [1.54, 1.807) is 25.3 Å². The molecule has 34 heavy (non-hydrogen) atoms. The topological polar surface area (TPSA) is 107 Å². The number of aromatic amines is 1. The van der Waals surface area contributed by atoms with Gasteiger partial charge in [0, 0.05) is 36.9 Å². The zero-order valence-corrected chi connectivity index (χ0v) is 20.0. The maximum Gasteiger partial charge on any atom is 0.348 e. The van der Waals surface area contributed by atoms with Crippen molar-refractivity contribution in [3.63, 3.8) is 0 Å². The smallest absolute Gasteiger partial charge is 0.348 e. The third-order valence-corrected chi connectivity index (χ3v) is 6.67. The highest BCUT2D eigenvalue weighted by Crippen LogP contribution is 2.34. The van der Waals surface area contributed by atoms with E-state index >= 15 is 0 Å². The number of aryl methyl sites for hydroxylation is 1. The largest absolute Gasteiger partial charge is 0.481 e. The van der Waals surface area contributed by atoms with Crippen LogP contribution in [-0.4, -0.2) is 45.5 Å². The Kier molecular flexibility index (Phi) is 7.38. The second-order valence-electron chi connectivity index (χ2n) is 8.41. The number of H-pyrrole nitrogens is 1. The quantitative estimate of drug-likeness (QED) is 0.506. The first-order chi connectivity index (χ1) is 16.4. The summed E-state index contributed by atoms with van der Waals surface area (Å²) in [6.07, 6.45) is 7.17. The Hall–Kier alpha value is -3.10. The Bertz CT molecular complexity index is 1220. The van der Waals surface area contributed by atoms with Crippen molar-refractivity contribution in [2.75, 3.05) is 14.2 Å². The fourth-order valence-electron chi connectivity index (χ4n) is 4.39. The molecule has 1 aromatic carbocycles. The van der Waals surface area contributed by atoms with Crippen LogP contribution in [0.1, 0.15) is 44.1 Å². The van der Waals surface area contributed by atoms with Crippen molar-refractivity contribution in [2.24, 2.45) is 0 Å². The van der Waals surface area contributed by atoms with Gasteiger partial charge in [-0.3, -0.25) is 9.78 Å². The standard InChI is InChI=1S/C25H27ClN4O4/c1-33-21-11-8-17(15-27-21)22-28-23(30-24(32)29-22)18-14-16(6-9-19(18)26)7-10-20(31)25(34-2)12-4-3-5-13-25/h6,8-9,11,14-15H,3-5,7,10,12-13H2,1-2H3,(H,28,29,30,32). The molecule has 8 nitrogen and oxygen atoms in total. The first kappa shape index (κ1) is 24.0. The third-order valence-electron chi connectivity index (χ3n) is 6.34. The number of pyridine rings is 1. The molecule has 0 radical (unpaired) electrons. The molecule has 4 rings (SSSR count). The van der Waals surface area contributed by atoms with Gasteiger partial charge in [0.15, 0.2) is 11.6 Å². The average Bonchev–Trinajstić information content (AvgIpc) is 2.88. The molecular formula is C25H27ClN4O4. The van der Waals surface area contributed by atoms with Crippen LogP contribution < -0.4 is 10.4 Å². The zero-order valence-electron chi connectivity index (χ0n) is 19.3. The van der Waals surface area contributed by atoms with Crippen molar-refractivity contribution < 1.29 is 14.3 Å². The maximum absolute atomic E-state index is 13.0. The van der Waals surface area contributed by atoms with Crippen LogP contribution in [0, 0.1) is 0 Å². The SMILES string of the molecule is COc1ccc(-c2nc(-c3cc(CCC(=O)C4(OC)CCCCC4)ccc3Cl)[nH]c(=O)n2)cn1. The number of ketones is 1. The summed E-state index contributed by atoms with van der Waals surface area (Å²) in [6.45, 7) is 0. The van der Waals surface area contributed by atoms with Crippen LogP contribution in [0.25, 0.3) is 22.8 Å². The van der Waals surface area contributed by atoms with Gasteiger partial charge in [0.1, 0.15) is 11.4 Å². The van der Waals surface area contributed by atoms with E-state index in [1.165, 1.54) is 13.3 Å². The minimum Gasteiger partial charge on any atom is -0.481 e. The van der Waals surface area contributed by atoms with Crippen LogP contribution in [0.5, 0.6) is 5.88 Å². The van der Waals surface area contributed by atoms with Crippen molar-refractivity contribution in [3.8, 4) is 28.7 Å². The molecule has 9 heteroatoms. The summed E-state index contributed by atoms with van der Waals surface area (Å²) in [7, 11) is 3.15. The van der Waals surface area contributed by atoms with Gasteiger partial charge in [-0.25, -0.2) is 14.8 Å². The number of benzene rings is 1. The summed E-state index contributed by atoms with van der Waals surface area (Å²) in [6, 6.07) is 8.88. The van der Waals surface area contributed by atoms with Crippen LogP contribution in [0.4, 0.5) is 0 Å². The molecule has 2 aromatic heterocycles. The molecule has 0 aliphatic heterocycles. The molecule has 0 unspecified atom stereocenters. The van der Waals surface area contributed by atoms with Gasteiger partial charge in [0.25, 0.3) is 0 Å². The van der Waals surface area contributed by atoms with Crippen LogP contribution in [-0.2, 0) is 16.0 Å². The number of aromatic nitrogens is 4. The predicted octanol–water partition coefficient (Wildman–Crippen LogP) is 4.41. The van der Waals surface area contributed by atoms with Gasteiger partial charge < -0.3 is 9.47 Å². The molecule has 0 spiro atoms. The van der Waals surface area contributed by atoms with Gasteiger partial charge >= 0.3 is 5.69 Å². The number of carbonyl (C=O) groups excluding carboxylic acids is 1. The monoisotopic (exact) mass is 482 g/mol. The van der Waals surface area contributed by atoms with Gasteiger partial charge in [-0.1, -0.05) is 36.9 Å². The van der Waals surface area contributed by atoms with Gasteiger partial charge in [-0.2, -0.15) is 4.98 Å². The van der Waals surface area contributed by atoms with Gasteiger partial charge in [0.2, 0.25) is 5.88 Å². The van der Waals surface area contributed by atoms with E-state index in [0.29, 0.717) is 40.7 Å². The molecule has 0 atom stereocenters. The Labute approximate surface area is 202 Å². The number of Topliss-reactive ketones (excluding diaryl/α,β-unsaturated/α-hetero) is 1. The number of methoxy groups -OCH3 is 2. The highest BCUT2D eigenvalue weighted by atomic mass is 35.5. The summed E-state index contributed by atoms with van der Waals surface area (Å²) in [5.74, 6) is 1.10. The Morgan fingerprint density at radius 1 is 1.12 bits per heavy atom. The number of nitrogens with one attached hydrogen (secondary N) is 1. The molecule has 2 heterocycles. The maximum atomic E-state index is 13.0. The molecule has 1 saturated carbocycles. The number of hydrogen-bond acceptors (Lipinski definition) is 7. The van der Waals surface area contributed by atoms with Crippen molar-refractivity contribution in [1.82, 2.24) is 19.9 Å². The second-order valence-corrected chi connectivity index (χ2v) is 8.82. The van der Waals surface area contributed by atoms with E-state index in [-0.39, 0.29) is 11.6 Å². The molecule has 0 amide bonds. The fraction of sp³-hybridized carbons (Fsp3) is 0.400. The van der Waals surface area contributed by atoms with E-state index < -0.39 is 11.3 Å². The molecule has 178 valence electrons. The van der Waals surface area contributed by atoms with Crippen LogP contribution >= 0.6 is 11.6 Å². The average molecular weight is 483 g/mol. The van der Waals surface area contributed by atoms with E-state index in [0.717, 1.165) is 37.7 Å². The van der Waals surface area contributed by atoms with Gasteiger partial charge in [-0.15, -0.1) is 0 Å².